The Labute approximate surface area is 139 Å². The third kappa shape index (κ3) is 4.53. The van der Waals surface area contributed by atoms with Crippen molar-refractivity contribution in [2.45, 2.75) is 45.6 Å². The van der Waals surface area contributed by atoms with Crippen molar-refractivity contribution in [2.24, 2.45) is 16.1 Å². The van der Waals surface area contributed by atoms with Crippen LogP contribution in [0.1, 0.15) is 44.6 Å². The lowest BCUT2D eigenvalue weighted by Gasteiger charge is -2.27. The molecular weight excluding hydrogens is 290 g/mol. The van der Waals surface area contributed by atoms with Gasteiger partial charge in [-0.3, -0.25) is 0 Å². The number of methoxy groups -OCH3 is 2. The van der Waals surface area contributed by atoms with Gasteiger partial charge in [-0.05, 0) is 42.4 Å². The molecule has 3 N–H and O–H groups in total. The minimum absolute atomic E-state index is 0.406. The fourth-order valence-electron chi connectivity index (χ4n) is 3.27. The van der Waals surface area contributed by atoms with Crippen LogP contribution in [-0.2, 0) is 6.54 Å². The molecule has 1 aromatic rings. The maximum absolute atomic E-state index is 6.02. The van der Waals surface area contributed by atoms with Crippen LogP contribution in [0.3, 0.4) is 0 Å². The summed E-state index contributed by atoms with van der Waals surface area (Å²) in [6.45, 7) is 3.72. The fourth-order valence-corrected chi connectivity index (χ4v) is 3.27. The first kappa shape index (κ1) is 17.4. The molecule has 0 unspecified atom stereocenters. The summed E-state index contributed by atoms with van der Waals surface area (Å²) in [5.74, 6) is 1.94. The number of rotatable bonds is 7. The minimum Gasteiger partial charge on any atom is -0.493 e. The number of nitrogens with two attached hydrogens (primary N) is 1. The van der Waals surface area contributed by atoms with Crippen molar-refractivity contribution in [1.29, 1.82) is 0 Å². The topological polar surface area (TPSA) is 68.9 Å². The maximum atomic E-state index is 6.02. The van der Waals surface area contributed by atoms with Crippen molar-refractivity contribution >= 4 is 5.96 Å². The molecule has 128 valence electrons. The van der Waals surface area contributed by atoms with Crippen molar-refractivity contribution in [1.82, 2.24) is 5.32 Å². The van der Waals surface area contributed by atoms with Gasteiger partial charge in [0.25, 0.3) is 0 Å². The van der Waals surface area contributed by atoms with Gasteiger partial charge in [0.1, 0.15) is 0 Å². The monoisotopic (exact) mass is 319 g/mol. The van der Waals surface area contributed by atoms with Gasteiger partial charge in [-0.2, -0.15) is 0 Å². The molecule has 1 saturated carbocycles. The Morgan fingerprint density at radius 1 is 1.22 bits per heavy atom. The Balaban J connectivity index is 1.91. The molecular formula is C18H29N3O2. The number of aliphatic imine (C=N–C) groups is 1. The van der Waals surface area contributed by atoms with E-state index in [0.717, 1.165) is 17.9 Å². The van der Waals surface area contributed by atoms with E-state index in [9.17, 15) is 0 Å². The highest BCUT2D eigenvalue weighted by Gasteiger charge is 2.31. The molecule has 2 rings (SSSR count). The highest BCUT2D eigenvalue weighted by Crippen LogP contribution is 2.40. The van der Waals surface area contributed by atoms with Gasteiger partial charge in [0.15, 0.2) is 17.5 Å². The summed E-state index contributed by atoms with van der Waals surface area (Å²) in [5.41, 5.74) is 7.47. The van der Waals surface area contributed by atoms with E-state index in [2.05, 4.69) is 17.2 Å². The Morgan fingerprint density at radius 3 is 2.52 bits per heavy atom. The predicted molar refractivity (Wildman–Crippen MR) is 94.1 cm³/mol. The fraction of sp³-hybridized carbons (Fsp3) is 0.611. The van der Waals surface area contributed by atoms with E-state index in [-0.39, 0.29) is 0 Å². The molecule has 0 heterocycles. The minimum atomic E-state index is 0.406. The van der Waals surface area contributed by atoms with Crippen molar-refractivity contribution < 1.29 is 9.47 Å². The van der Waals surface area contributed by atoms with Crippen LogP contribution in [0, 0.1) is 5.41 Å². The summed E-state index contributed by atoms with van der Waals surface area (Å²) in [6, 6.07) is 5.79. The van der Waals surface area contributed by atoms with Gasteiger partial charge < -0.3 is 20.5 Å². The molecule has 1 aromatic carbocycles. The van der Waals surface area contributed by atoms with Crippen LogP contribution in [-0.4, -0.2) is 26.7 Å². The number of hydrogen-bond acceptors (Lipinski definition) is 3. The molecule has 1 aliphatic rings. The summed E-state index contributed by atoms with van der Waals surface area (Å²) < 4.78 is 10.5. The molecule has 0 aromatic heterocycles. The summed E-state index contributed by atoms with van der Waals surface area (Å²) in [5, 5.41) is 3.31. The van der Waals surface area contributed by atoms with Crippen LogP contribution in [0.25, 0.3) is 0 Å². The zero-order chi connectivity index (χ0) is 16.7. The van der Waals surface area contributed by atoms with Crippen LogP contribution in [0.4, 0.5) is 0 Å². The van der Waals surface area contributed by atoms with Gasteiger partial charge in [0, 0.05) is 6.54 Å². The largest absolute Gasteiger partial charge is 0.493 e. The number of benzene rings is 1. The first-order valence-corrected chi connectivity index (χ1v) is 8.37. The average Bonchev–Trinajstić information content (AvgIpc) is 3.07. The van der Waals surface area contributed by atoms with E-state index in [1.807, 2.05) is 18.2 Å². The van der Waals surface area contributed by atoms with Crippen molar-refractivity contribution in [3.8, 4) is 11.5 Å². The second-order valence-electron chi connectivity index (χ2n) is 6.31. The van der Waals surface area contributed by atoms with Gasteiger partial charge in [-0.25, -0.2) is 4.99 Å². The van der Waals surface area contributed by atoms with E-state index in [1.54, 1.807) is 14.2 Å². The lowest BCUT2D eigenvalue weighted by Crippen LogP contribution is -2.39. The molecule has 0 bridgehead atoms. The number of ether oxygens (including phenoxy) is 2. The lowest BCUT2D eigenvalue weighted by atomic mass is 9.83. The lowest BCUT2D eigenvalue weighted by molar-refractivity contribution is 0.284. The van der Waals surface area contributed by atoms with Crippen molar-refractivity contribution in [2.75, 3.05) is 20.8 Å². The molecule has 0 atom stereocenters. The molecule has 1 fully saturated rings. The second kappa shape index (κ2) is 8.09. The Hall–Kier alpha value is -1.91. The first-order chi connectivity index (χ1) is 11.1. The van der Waals surface area contributed by atoms with E-state index in [4.69, 9.17) is 15.2 Å². The first-order valence-electron chi connectivity index (χ1n) is 8.37. The molecule has 5 heteroatoms. The molecule has 1 aliphatic carbocycles. The molecule has 0 amide bonds. The summed E-state index contributed by atoms with van der Waals surface area (Å²) >= 11 is 0. The van der Waals surface area contributed by atoms with Crippen LogP contribution >= 0.6 is 0 Å². The predicted octanol–water partition coefficient (Wildman–Crippen LogP) is 3.08. The quantitative estimate of drug-likeness (QED) is 0.598. The summed E-state index contributed by atoms with van der Waals surface area (Å²) in [7, 11) is 3.26. The van der Waals surface area contributed by atoms with Crippen molar-refractivity contribution in [3.05, 3.63) is 23.8 Å². The molecule has 0 aliphatic heterocycles. The smallest absolute Gasteiger partial charge is 0.188 e. The zero-order valence-corrected chi connectivity index (χ0v) is 14.5. The second-order valence-corrected chi connectivity index (χ2v) is 6.31. The highest BCUT2D eigenvalue weighted by atomic mass is 16.5. The van der Waals surface area contributed by atoms with Gasteiger partial charge >= 0.3 is 0 Å². The molecule has 5 nitrogen and oxygen atoms in total. The molecule has 0 radical (unpaired) electrons. The Bertz CT molecular complexity index is 537. The maximum Gasteiger partial charge on any atom is 0.188 e. The summed E-state index contributed by atoms with van der Waals surface area (Å²) in [6.07, 6.45) is 6.44. The van der Waals surface area contributed by atoms with Crippen molar-refractivity contribution in [3.63, 3.8) is 0 Å². The highest BCUT2D eigenvalue weighted by molar-refractivity contribution is 5.77. The van der Waals surface area contributed by atoms with E-state index in [1.165, 1.54) is 32.1 Å². The van der Waals surface area contributed by atoms with Crippen LogP contribution in [0.5, 0.6) is 11.5 Å². The van der Waals surface area contributed by atoms with Crippen LogP contribution < -0.4 is 20.5 Å². The third-order valence-corrected chi connectivity index (χ3v) is 4.94. The van der Waals surface area contributed by atoms with Gasteiger partial charge in [0.2, 0.25) is 0 Å². The van der Waals surface area contributed by atoms with Gasteiger partial charge in [0.05, 0.1) is 20.8 Å². The number of guanidine groups is 1. The number of nitrogens with zero attached hydrogens (tertiary/aromatic N) is 1. The SMILES string of the molecule is CCC1(CNC(N)=NCc2ccc(OC)c(OC)c2)CCCC1. The molecule has 0 spiro atoms. The van der Waals surface area contributed by atoms with Crippen LogP contribution in [0.15, 0.2) is 23.2 Å². The number of hydrogen-bond donors (Lipinski definition) is 2. The zero-order valence-electron chi connectivity index (χ0n) is 14.5. The normalized spacial score (nSPS) is 17.1. The average molecular weight is 319 g/mol. The van der Waals surface area contributed by atoms with E-state index >= 15 is 0 Å². The van der Waals surface area contributed by atoms with Gasteiger partial charge in [-0.1, -0.05) is 25.8 Å². The Kier molecular flexibility index (Phi) is 6.13. The standard InChI is InChI=1S/C18H29N3O2/c1-4-18(9-5-6-10-18)13-21-17(19)20-12-14-7-8-15(22-2)16(11-14)23-3/h7-8,11H,4-6,9-10,12-13H2,1-3H3,(H3,19,20,21). The Morgan fingerprint density at radius 2 is 1.91 bits per heavy atom. The molecule has 0 saturated heterocycles. The van der Waals surface area contributed by atoms with Gasteiger partial charge in [-0.15, -0.1) is 0 Å². The van der Waals surface area contributed by atoms with E-state index < -0.39 is 0 Å². The van der Waals surface area contributed by atoms with Crippen LogP contribution in [0.2, 0.25) is 0 Å². The van der Waals surface area contributed by atoms with E-state index in [0.29, 0.717) is 23.7 Å². The number of nitrogens with one attached hydrogen (secondary N) is 1. The summed E-state index contributed by atoms with van der Waals surface area (Å²) in [4.78, 5) is 4.44. The molecule has 23 heavy (non-hydrogen) atoms. The third-order valence-electron chi connectivity index (χ3n) is 4.94.